The average molecular weight is 411 g/mol. The number of rotatable bonds is 9. The molecule has 0 fully saturated rings. The maximum Gasteiger partial charge on any atom is 0.333 e. The van der Waals surface area contributed by atoms with Crippen LogP contribution >= 0.6 is 22.7 Å². The largest absolute Gasteiger partial charge is 0.463 e. The number of carbonyl (C=O) groups is 2. The monoisotopic (exact) mass is 410 g/mol. The second-order valence-corrected chi connectivity index (χ2v) is 7.33. The van der Waals surface area contributed by atoms with Gasteiger partial charge in [0.05, 0.1) is 17.2 Å². The topological polar surface area (TPSA) is 86.6 Å². The molecule has 2 aromatic rings. The molecule has 7 nitrogen and oxygen atoms in total. The first-order valence-electron chi connectivity index (χ1n) is 8.42. The number of hydrogen-bond donors (Lipinski definition) is 1. The van der Waals surface area contributed by atoms with Crippen LogP contribution in [0.5, 0.6) is 0 Å². The van der Waals surface area contributed by atoms with Crippen molar-refractivity contribution in [2.75, 3.05) is 26.9 Å². The summed E-state index contributed by atoms with van der Waals surface area (Å²) in [5.74, 6) is -0.846. The fourth-order valence-electron chi connectivity index (χ4n) is 2.23. The fraction of sp³-hybridized carbons (Fsp3) is 0.389. The fourth-order valence-corrected chi connectivity index (χ4v) is 3.88. The summed E-state index contributed by atoms with van der Waals surface area (Å²) in [5, 5.41) is 6.57. The Hall–Kier alpha value is -2.23. The van der Waals surface area contributed by atoms with E-state index in [1.54, 1.807) is 20.1 Å². The third-order valence-corrected chi connectivity index (χ3v) is 5.22. The minimum absolute atomic E-state index is 0.162. The van der Waals surface area contributed by atoms with Crippen LogP contribution in [0.25, 0.3) is 12.2 Å². The van der Waals surface area contributed by atoms with Gasteiger partial charge in [-0.15, -0.1) is 11.3 Å². The Kier molecular flexibility index (Phi) is 8.43. The molecule has 27 heavy (non-hydrogen) atoms. The van der Waals surface area contributed by atoms with Gasteiger partial charge in [0.2, 0.25) is 5.91 Å². The minimum atomic E-state index is -0.546. The van der Waals surface area contributed by atoms with Gasteiger partial charge < -0.3 is 14.8 Å². The number of hydrogen-bond acceptors (Lipinski definition) is 7. The van der Waals surface area contributed by atoms with E-state index in [0.29, 0.717) is 28.8 Å². The van der Waals surface area contributed by atoms with E-state index in [-0.39, 0.29) is 24.6 Å². The molecule has 2 heterocycles. The number of ether oxygens (including phenoxy) is 2. The van der Waals surface area contributed by atoms with Gasteiger partial charge in [-0.05, 0) is 41.8 Å². The first kappa shape index (κ1) is 21.1. The molecule has 0 saturated heterocycles. The maximum absolute atomic E-state index is 12.7. The van der Waals surface area contributed by atoms with Crippen molar-refractivity contribution in [2.24, 2.45) is 0 Å². The van der Waals surface area contributed by atoms with Gasteiger partial charge in [0.25, 0.3) is 5.56 Å². The molecule has 2 rings (SSSR count). The second kappa shape index (κ2) is 10.8. The Labute approximate surface area is 164 Å². The Morgan fingerprint density at radius 1 is 1.37 bits per heavy atom. The first-order chi connectivity index (χ1) is 13.0. The molecule has 0 saturated carbocycles. The van der Waals surface area contributed by atoms with Gasteiger partial charge in [-0.25, -0.2) is 4.79 Å². The van der Waals surface area contributed by atoms with Gasteiger partial charge in [0.15, 0.2) is 0 Å². The van der Waals surface area contributed by atoms with Gasteiger partial charge in [0.1, 0.15) is 11.2 Å². The van der Waals surface area contributed by atoms with Crippen LogP contribution in [0.4, 0.5) is 0 Å². The van der Waals surface area contributed by atoms with Crippen molar-refractivity contribution in [2.45, 2.75) is 19.9 Å². The van der Waals surface area contributed by atoms with Gasteiger partial charge in [-0.1, -0.05) is 0 Å². The third kappa shape index (κ3) is 6.46. The number of thiophene rings is 1. The standard InChI is InChI=1S/C18H22N2O5S2/c1-3-25-17(22)10-16-20(11-15(21)19-6-4-7-24-2)18(23)14(27-16)9-13-5-8-26-12-13/h5,8-10,12H,3-4,6-7,11H2,1-2H3,(H,19,21)/b14-9-,16-10-. The van der Waals surface area contributed by atoms with Crippen LogP contribution in [0.3, 0.4) is 0 Å². The number of nitrogens with zero attached hydrogens (tertiary/aromatic N) is 1. The van der Waals surface area contributed by atoms with Crippen molar-refractivity contribution in [3.05, 3.63) is 41.9 Å². The van der Waals surface area contributed by atoms with E-state index in [0.717, 1.165) is 16.9 Å². The number of methoxy groups -OCH3 is 1. The van der Waals surface area contributed by atoms with E-state index in [2.05, 4.69) is 5.32 Å². The zero-order valence-electron chi connectivity index (χ0n) is 15.2. The maximum atomic E-state index is 12.7. The molecular formula is C18H22N2O5S2. The zero-order chi connectivity index (χ0) is 19.6. The Balaban J connectivity index is 2.33. The summed E-state index contributed by atoms with van der Waals surface area (Å²) in [6, 6.07) is 1.89. The molecule has 0 unspecified atom stereocenters. The summed E-state index contributed by atoms with van der Waals surface area (Å²) in [6.07, 6.45) is 3.68. The lowest BCUT2D eigenvalue weighted by Crippen LogP contribution is -2.38. The lowest BCUT2D eigenvalue weighted by molar-refractivity contribution is -0.135. The average Bonchev–Trinajstić information content (AvgIpc) is 3.23. The molecule has 0 aliphatic rings. The highest BCUT2D eigenvalue weighted by atomic mass is 32.1. The number of thiazole rings is 1. The van der Waals surface area contributed by atoms with E-state index >= 15 is 0 Å². The molecular weight excluding hydrogens is 388 g/mol. The molecule has 0 radical (unpaired) electrons. The minimum Gasteiger partial charge on any atom is -0.463 e. The number of amides is 1. The van der Waals surface area contributed by atoms with Crippen molar-refractivity contribution in [1.82, 2.24) is 9.88 Å². The molecule has 0 atom stereocenters. The third-order valence-electron chi connectivity index (χ3n) is 3.45. The van der Waals surface area contributed by atoms with Crippen molar-refractivity contribution in [3.63, 3.8) is 0 Å². The summed E-state index contributed by atoms with van der Waals surface area (Å²) < 4.78 is 12.0. The molecule has 0 spiro atoms. The lowest BCUT2D eigenvalue weighted by atomic mass is 10.3. The summed E-state index contributed by atoms with van der Waals surface area (Å²) in [6.45, 7) is 2.77. The number of aromatic nitrogens is 1. The Morgan fingerprint density at radius 3 is 2.85 bits per heavy atom. The Morgan fingerprint density at radius 2 is 2.19 bits per heavy atom. The summed E-state index contributed by atoms with van der Waals surface area (Å²) >= 11 is 2.68. The Bertz CT molecular complexity index is 928. The highest BCUT2D eigenvalue weighted by Crippen LogP contribution is 2.05. The van der Waals surface area contributed by atoms with Crippen LogP contribution in [0.2, 0.25) is 0 Å². The van der Waals surface area contributed by atoms with Crippen molar-refractivity contribution < 1.29 is 19.1 Å². The van der Waals surface area contributed by atoms with Crippen molar-refractivity contribution in [3.8, 4) is 0 Å². The van der Waals surface area contributed by atoms with Crippen molar-refractivity contribution in [1.29, 1.82) is 0 Å². The molecule has 1 amide bonds. The second-order valence-electron chi connectivity index (χ2n) is 5.49. The van der Waals surface area contributed by atoms with Gasteiger partial charge in [0, 0.05) is 20.3 Å². The highest BCUT2D eigenvalue weighted by molar-refractivity contribution is 7.08. The number of esters is 1. The van der Waals surface area contributed by atoms with E-state index in [9.17, 15) is 14.4 Å². The molecule has 146 valence electrons. The predicted molar refractivity (Wildman–Crippen MR) is 106 cm³/mol. The summed E-state index contributed by atoms with van der Waals surface area (Å²) in [5.41, 5.74) is 0.589. The molecule has 0 aromatic carbocycles. The summed E-state index contributed by atoms with van der Waals surface area (Å²) in [7, 11) is 1.59. The van der Waals surface area contributed by atoms with Crippen LogP contribution in [0.1, 0.15) is 18.9 Å². The van der Waals surface area contributed by atoms with E-state index in [4.69, 9.17) is 9.47 Å². The first-order valence-corrected chi connectivity index (χ1v) is 10.2. The van der Waals surface area contributed by atoms with Gasteiger partial charge >= 0.3 is 5.97 Å². The number of nitrogens with one attached hydrogen (secondary N) is 1. The molecule has 0 bridgehead atoms. The van der Waals surface area contributed by atoms with E-state index < -0.39 is 5.97 Å². The smallest absolute Gasteiger partial charge is 0.333 e. The van der Waals surface area contributed by atoms with Crippen LogP contribution in [0.15, 0.2) is 21.6 Å². The predicted octanol–water partition coefficient (Wildman–Crippen LogP) is 0.296. The molecule has 9 heteroatoms. The lowest BCUT2D eigenvalue weighted by Gasteiger charge is -2.05. The summed E-state index contributed by atoms with van der Waals surface area (Å²) in [4.78, 5) is 36.7. The van der Waals surface area contributed by atoms with Crippen LogP contribution in [0, 0.1) is 0 Å². The van der Waals surface area contributed by atoms with Crippen LogP contribution in [-0.4, -0.2) is 43.3 Å². The van der Waals surface area contributed by atoms with E-state index in [1.807, 2.05) is 16.8 Å². The number of carbonyl (C=O) groups excluding carboxylic acids is 2. The van der Waals surface area contributed by atoms with Crippen molar-refractivity contribution >= 4 is 46.7 Å². The van der Waals surface area contributed by atoms with Crippen LogP contribution < -0.4 is 20.1 Å². The van der Waals surface area contributed by atoms with Gasteiger partial charge in [-0.2, -0.15) is 11.3 Å². The zero-order valence-corrected chi connectivity index (χ0v) is 16.9. The molecule has 2 aromatic heterocycles. The normalized spacial score (nSPS) is 12.4. The quantitative estimate of drug-likeness (QED) is 0.475. The molecule has 0 aliphatic heterocycles. The highest BCUT2D eigenvalue weighted by Gasteiger charge is 2.11. The molecule has 0 aliphatic carbocycles. The molecule has 1 N–H and O–H groups in total. The SMILES string of the molecule is CCOC(=O)/C=c1\s/c(=C\c2ccsc2)c(=O)n1CC(=O)NCCCOC. The van der Waals surface area contributed by atoms with E-state index in [1.165, 1.54) is 22.0 Å². The van der Waals surface area contributed by atoms with Gasteiger partial charge in [-0.3, -0.25) is 14.2 Å². The van der Waals surface area contributed by atoms with Crippen LogP contribution in [-0.2, 0) is 25.6 Å².